The number of nitrogens with one attached hydrogen (secondary N) is 2. The second-order valence-electron chi connectivity index (χ2n) is 6.27. The number of methoxy groups -OCH3 is 1. The first-order valence-electron chi connectivity index (χ1n) is 8.78. The van der Waals surface area contributed by atoms with Crippen LogP contribution in [0.15, 0.2) is 54.6 Å². The van der Waals surface area contributed by atoms with Crippen molar-refractivity contribution in [2.24, 2.45) is 0 Å². The smallest absolute Gasteiger partial charge is 0.337 e. The molecule has 0 bridgehead atoms. The molecule has 0 amide bonds. The maximum absolute atomic E-state index is 11.8. The van der Waals surface area contributed by atoms with Gasteiger partial charge in [0.15, 0.2) is 0 Å². The number of hydrogen-bond acceptors (Lipinski definition) is 6. The third kappa shape index (κ3) is 4.78. The van der Waals surface area contributed by atoms with Crippen LogP contribution in [0.1, 0.15) is 34.7 Å². The Morgan fingerprint density at radius 1 is 1.07 bits per heavy atom. The molecule has 0 radical (unpaired) electrons. The van der Waals surface area contributed by atoms with Gasteiger partial charge in [-0.3, -0.25) is 0 Å². The van der Waals surface area contributed by atoms with Gasteiger partial charge >= 0.3 is 5.97 Å². The van der Waals surface area contributed by atoms with E-state index in [2.05, 4.69) is 39.7 Å². The highest BCUT2D eigenvalue weighted by Crippen LogP contribution is 2.27. The predicted molar refractivity (Wildman–Crippen MR) is 111 cm³/mol. The number of anilines is 3. The summed E-state index contributed by atoms with van der Waals surface area (Å²) in [5, 5.41) is 7.00. The number of ether oxygens (including phenoxy) is 1. The highest BCUT2D eigenvalue weighted by Gasteiger charge is 2.12. The van der Waals surface area contributed by atoms with Crippen LogP contribution in [-0.2, 0) is 4.74 Å². The van der Waals surface area contributed by atoms with Gasteiger partial charge in [-0.1, -0.05) is 41.9 Å². The number of hydrogen-bond donors (Lipinski definition) is 2. The molecule has 2 N–H and O–H groups in total. The highest BCUT2D eigenvalue weighted by atomic mass is 35.5. The zero-order valence-corrected chi connectivity index (χ0v) is 16.6. The zero-order chi connectivity index (χ0) is 20.1. The van der Waals surface area contributed by atoms with Gasteiger partial charge in [0.05, 0.1) is 23.4 Å². The van der Waals surface area contributed by atoms with Gasteiger partial charge in [0.2, 0.25) is 0 Å². The Hall–Kier alpha value is -3.12. The van der Waals surface area contributed by atoms with Crippen LogP contribution in [0, 0.1) is 6.92 Å². The van der Waals surface area contributed by atoms with Crippen LogP contribution in [0.5, 0.6) is 0 Å². The molecule has 0 fully saturated rings. The molecule has 6 nitrogen and oxygen atoms in total. The van der Waals surface area contributed by atoms with E-state index in [0.717, 1.165) is 5.56 Å². The van der Waals surface area contributed by atoms with E-state index in [9.17, 15) is 4.79 Å². The molecule has 2 aromatic carbocycles. The van der Waals surface area contributed by atoms with Crippen molar-refractivity contribution in [3.63, 3.8) is 0 Å². The van der Waals surface area contributed by atoms with Crippen LogP contribution in [0.4, 0.5) is 17.3 Å². The van der Waals surface area contributed by atoms with Crippen LogP contribution in [0.2, 0.25) is 5.02 Å². The molecule has 1 atom stereocenters. The van der Waals surface area contributed by atoms with Gasteiger partial charge in [-0.05, 0) is 37.6 Å². The Labute approximate surface area is 168 Å². The van der Waals surface area contributed by atoms with Crippen LogP contribution >= 0.6 is 11.6 Å². The third-order valence-corrected chi connectivity index (χ3v) is 4.48. The van der Waals surface area contributed by atoms with Crippen molar-refractivity contribution in [3.05, 3.63) is 76.6 Å². The van der Waals surface area contributed by atoms with Crippen LogP contribution in [0.3, 0.4) is 0 Å². The van der Waals surface area contributed by atoms with Gasteiger partial charge in [-0.15, -0.1) is 0 Å². The van der Waals surface area contributed by atoms with Crippen molar-refractivity contribution >= 4 is 34.9 Å². The quantitative estimate of drug-likeness (QED) is 0.562. The van der Waals surface area contributed by atoms with Crippen molar-refractivity contribution in [2.45, 2.75) is 19.9 Å². The molecule has 0 spiro atoms. The predicted octanol–water partition coefficient (Wildman–Crippen LogP) is 5.14. The SMILES string of the molecule is COC(=O)c1ccc(Cl)c(Nc2cc(NC(C)c3ccccc3)nc(C)n2)c1. The maximum Gasteiger partial charge on any atom is 0.337 e. The molecule has 0 aliphatic heterocycles. The number of carbonyl (C=O) groups excluding carboxylic acids is 1. The molecule has 1 aromatic heterocycles. The molecule has 144 valence electrons. The molecule has 0 aliphatic rings. The average molecular weight is 397 g/mol. The molecule has 28 heavy (non-hydrogen) atoms. The Kier molecular flexibility index (Phi) is 6.11. The largest absolute Gasteiger partial charge is 0.465 e. The van der Waals surface area contributed by atoms with E-state index in [-0.39, 0.29) is 6.04 Å². The molecular formula is C21H21ClN4O2. The fourth-order valence-corrected chi connectivity index (χ4v) is 2.92. The van der Waals surface area contributed by atoms with E-state index in [1.807, 2.05) is 25.1 Å². The summed E-state index contributed by atoms with van der Waals surface area (Å²) in [6, 6.07) is 16.9. The van der Waals surface area contributed by atoms with Gasteiger partial charge < -0.3 is 15.4 Å². The molecule has 3 aromatic rings. The van der Waals surface area contributed by atoms with E-state index in [1.165, 1.54) is 7.11 Å². The maximum atomic E-state index is 11.8. The van der Waals surface area contributed by atoms with Crippen molar-refractivity contribution in [1.82, 2.24) is 9.97 Å². The fraction of sp³-hybridized carbons (Fsp3) is 0.190. The van der Waals surface area contributed by atoms with Gasteiger partial charge in [0.1, 0.15) is 17.5 Å². The lowest BCUT2D eigenvalue weighted by atomic mass is 10.1. The second kappa shape index (κ2) is 8.71. The molecular weight excluding hydrogens is 376 g/mol. The lowest BCUT2D eigenvalue weighted by Gasteiger charge is -2.16. The fourth-order valence-electron chi connectivity index (χ4n) is 2.76. The minimum absolute atomic E-state index is 0.0783. The van der Waals surface area contributed by atoms with Crippen molar-refractivity contribution < 1.29 is 9.53 Å². The first-order chi connectivity index (χ1) is 13.5. The van der Waals surface area contributed by atoms with Crippen molar-refractivity contribution in [2.75, 3.05) is 17.7 Å². The van der Waals surface area contributed by atoms with Crippen LogP contribution in [0.25, 0.3) is 0 Å². The third-order valence-electron chi connectivity index (χ3n) is 4.15. The summed E-state index contributed by atoms with van der Waals surface area (Å²) in [4.78, 5) is 20.6. The normalized spacial score (nSPS) is 11.6. The Morgan fingerprint density at radius 3 is 2.50 bits per heavy atom. The molecule has 3 rings (SSSR count). The number of esters is 1. The molecule has 1 unspecified atom stereocenters. The number of rotatable bonds is 6. The lowest BCUT2D eigenvalue weighted by molar-refractivity contribution is 0.0601. The highest BCUT2D eigenvalue weighted by molar-refractivity contribution is 6.33. The number of aryl methyl sites for hydroxylation is 1. The number of benzene rings is 2. The second-order valence-corrected chi connectivity index (χ2v) is 6.68. The number of carbonyl (C=O) groups is 1. The minimum atomic E-state index is -0.433. The molecule has 0 aliphatic carbocycles. The summed E-state index contributed by atoms with van der Waals surface area (Å²) in [7, 11) is 1.34. The van der Waals surface area contributed by atoms with Crippen LogP contribution < -0.4 is 10.6 Å². The summed E-state index contributed by atoms with van der Waals surface area (Å²) in [6.07, 6.45) is 0. The van der Waals surface area contributed by atoms with Crippen molar-refractivity contribution in [3.8, 4) is 0 Å². The zero-order valence-electron chi connectivity index (χ0n) is 15.9. The standard InChI is InChI=1S/C21H21ClN4O2/c1-13(15-7-5-4-6-8-15)23-19-12-20(25-14(2)24-19)26-18-11-16(21(27)28-3)9-10-17(18)22/h4-13H,1-3H3,(H2,23,24,25,26). The Balaban J connectivity index is 1.83. The van der Waals surface area contributed by atoms with E-state index in [4.69, 9.17) is 16.3 Å². The topological polar surface area (TPSA) is 76.1 Å². The molecule has 0 saturated heterocycles. The van der Waals surface area contributed by atoms with E-state index >= 15 is 0 Å². The number of nitrogens with zero attached hydrogens (tertiary/aromatic N) is 2. The summed E-state index contributed by atoms with van der Waals surface area (Å²) >= 11 is 6.26. The van der Waals surface area contributed by atoms with Crippen molar-refractivity contribution in [1.29, 1.82) is 0 Å². The average Bonchev–Trinajstić information content (AvgIpc) is 2.69. The minimum Gasteiger partial charge on any atom is -0.465 e. The van der Waals surface area contributed by atoms with Gasteiger partial charge in [0.25, 0.3) is 0 Å². The van der Waals surface area contributed by atoms with Gasteiger partial charge in [0, 0.05) is 12.1 Å². The first kappa shape index (κ1) is 19.6. The summed E-state index contributed by atoms with van der Waals surface area (Å²) in [5.41, 5.74) is 2.11. The summed E-state index contributed by atoms with van der Waals surface area (Å²) in [6.45, 7) is 3.88. The summed E-state index contributed by atoms with van der Waals surface area (Å²) < 4.78 is 4.76. The van der Waals surface area contributed by atoms with E-state index < -0.39 is 5.97 Å². The number of halogens is 1. The lowest BCUT2D eigenvalue weighted by Crippen LogP contribution is -2.10. The first-order valence-corrected chi connectivity index (χ1v) is 9.16. The molecule has 1 heterocycles. The van der Waals surface area contributed by atoms with Gasteiger partial charge in [-0.2, -0.15) is 0 Å². The Bertz CT molecular complexity index is 979. The molecule has 7 heteroatoms. The van der Waals surface area contributed by atoms with E-state index in [1.54, 1.807) is 24.3 Å². The van der Waals surface area contributed by atoms with E-state index in [0.29, 0.717) is 33.7 Å². The monoisotopic (exact) mass is 396 g/mol. The molecule has 0 saturated carbocycles. The summed E-state index contributed by atoms with van der Waals surface area (Å²) in [5.74, 6) is 1.43. The number of aromatic nitrogens is 2. The van der Waals surface area contributed by atoms with Gasteiger partial charge in [-0.25, -0.2) is 14.8 Å². The van der Waals surface area contributed by atoms with Crippen LogP contribution in [-0.4, -0.2) is 23.0 Å². The Morgan fingerprint density at radius 2 is 1.79 bits per heavy atom.